The third-order valence-electron chi connectivity index (χ3n) is 3.91. The van der Waals surface area contributed by atoms with E-state index in [9.17, 15) is 0 Å². The minimum Gasteiger partial charge on any atom is -0.370 e. The van der Waals surface area contributed by atoms with Crippen molar-refractivity contribution in [2.75, 3.05) is 18.0 Å². The molecule has 80 valence electrons. The number of halogens is 1. The van der Waals surface area contributed by atoms with Crippen molar-refractivity contribution < 1.29 is 0 Å². The maximum atomic E-state index is 2.53. The first-order chi connectivity index (χ1) is 7.27. The van der Waals surface area contributed by atoms with E-state index in [-0.39, 0.29) is 0 Å². The Morgan fingerprint density at radius 3 is 2.20 bits per heavy atom. The van der Waals surface area contributed by atoms with Gasteiger partial charge in [-0.1, -0.05) is 12.8 Å². The zero-order chi connectivity index (χ0) is 10.3. The second-order valence-corrected chi connectivity index (χ2v) is 6.29. The van der Waals surface area contributed by atoms with Crippen molar-refractivity contribution in [3.63, 3.8) is 0 Å². The van der Waals surface area contributed by atoms with Gasteiger partial charge in [-0.15, -0.1) is 0 Å². The van der Waals surface area contributed by atoms with Gasteiger partial charge in [0.15, 0.2) is 0 Å². The van der Waals surface area contributed by atoms with Crippen LogP contribution in [0.25, 0.3) is 0 Å². The molecule has 1 aliphatic carbocycles. The zero-order valence-corrected chi connectivity index (χ0v) is 11.0. The Balaban J connectivity index is 1.69. The van der Waals surface area contributed by atoms with E-state index < -0.39 is 0 Å². The molecule has 1 saturated heterocycles. The number of anilines is 1. The topological polar surface area (TPSA) is 3.24 Å². The first-order valence-electron chi connectivity index (χ1n) is 5.78. The average Bonchev–Trinajstić information content (AvgIpc) is 2.66. The van der Waals surface area contributed by atoms with Gasteiger partial charge in [0.25, 0.3) is 0 Å². The summed E-state index contributed by atoms with van der Waals surface area (Å²) in [4.78, 5) is 2.53. The fourth-order valence-electron chi connectivity index (χ4n) is 3.04. The van der Waals surface area contributed by atoms with Gasteiger partial charge in [0.2, 0.25) is 0 Å². The molecular weight excluding hydrogens is 297 g/mol. The Morgan fingerprint density at radius 1 is 1.00 bits per heavy atom. The second-order valence-electron chi connectivity index (χ2n) is 5.04. The molecular formula is C13H16IN. The van der Waals surface area contributed by atoms with Gasteiger partial charge in [-0.05, 0) is 59.7 Å². The lowest BCUT2D eigenvalue weighted by Gasteiger charge is -2.49. The van der Waals surface area contributed by atoms with E-state index in [1.165, 1.54) is 48.0 Å². The van der Waals surface area contributed by atoms with Crippen molar-refractivity contribution in [1.82, 2.24) is 0 Å². The number of hydrogen-bond donors (Lipinski definition) is 0. The van der Waals surface area contributed by atoms with Gasteiger partial charge in [-0.25, -0.2) is 0 Å². The van der Waals surface area contributed by atoms with Crippen LogP contribution in [0.5, 0.6) is 0 Å². The van der Waals surface area contributed by atoms with Gasteiger partial charge < -0.3 is 4.90 Å². The van der Waals surface area contributed by atoms with Gasteiger partial charge in [0.05, 0.1) is 0 Å². The van der Waals surface area contributed by atoms with Crippen molar-refractivity contribution in [2.45, 2.75) is 25.7 Å². The molecule has 1 nitrogen and oxygen atoms in total. The van der Waals surface area contributed by atoms with Gasteiger partial charge in [-0.3, -0.25) is 0 Å². The van der Waals surface area contributed by atoms with Crippen molar-refractivity contribution in [3.05, 3.63) is 27.8 Å². The fourth-order valence-corrected chi connectivity index (χ4v) is 3.40. The van der Waals surface area contributed by atoms with Crippen LogP contribution in [0.2, 0.25) is 0 Å². The van der Waals surface area contributed by atoms with E-state index in [2.05, 4.69) is 51.8 Å². The molecule has 1 saturated carbocycles. The first-order valence-corrected chi connectivity index (χ1v) is 6.86. The number of rotatable bonds is 1. The molecule has 1 aromatic rings. The summed E-state index contributed by atoms with van der Waals surface area (Å²) in [5, 5.41) is 0. The fraction of sp³-hybridized carbons (Fsp3) is 0.538. The zero-order valence-electron chi connectivity index (χ0n) is 8.88. The van der Waals surface area contributed by atoms with Crippen LogP contribution in [0, 0.1) is 8.99 Å². The summed E-state index contributed by atoms with van der Waals surface area (Å²) in [5.74, 6) is 0. The summed E-state index contributed by atoms with van der Waals surface area (Å²) < 4.78 is 1.33. The van der Waals surface area contributed by atoms with Gasteiger partial charge >= 0.3 is 0 Å². The molecule has 0 atom stereocenters. The largest absolute Gasteiger partial charge is 0.370 e. The van der Waals surface area contributed by atoms with Crippen LogP contribution in [-0.2, 0) is 0 Å². The van der Waals surface area contributed by atoms with Crippen LogP contribution < -0.4 is 4.90 Å². The molecule has 0 N–H and O–H groups in total. The molecule has 1 heterocycles. The van der Waals surface area contributed by atoms with Crippen molar-refractivity contribution in [3.8, 4) is 0 Å². The standard InChI is InChI=1S/C13H16IN/c14-11-3-5-12(6-4-11)15-9-13(10-15)7-1-2-8-13/h3-6H,1-2,7-10H2. The minimum atomic E-state index is 0.711. The third-order valence-corrected chi connectivity index (χ3v) is 4.63. The molecule has 2 fully saturated rings. The van der Waals surface area contributed by atoms with Crippen molar-refractivity contribution in [2.24, 2.45) is 5.41 Å². The summed E-state index contributed by atoms with van der Waals surface area (Å²) in [6.07, 6.45) is 5.85. The highest BCUT2D eigenvalue weighted by Gasteiger charge is 2.44. The highest BCUT2D eigenvalue weighted by Crippen LogP contribution is 2.46. The highest BCUT2D eigenvalue weighted by molar-refractivity contribution is 14.1. The van der Waals surface area contributed by atoms with E-state index in [4.69, 9.17) is 0 Å². The molecule has 3 rings (SSSR count). The molecule has 0 unspecified atom stereocenters. The van der Waals surface area contributed by atoms with Crippen molar-refractivity contribution in [1.29, 1.82) is 0 Å². The van der Waals surface area contributed by atoms with E-state index in [1.54, 1.807) is 0 Å². The van der Waals surface area contributed by atoms with Crippen LogP contribution in [0.1, 0.15) is 25.7 Å². The monoisotopic (exact) mass is 313 g/mol. The van der Waals surface area contributed by atoms with Crippen LogP contribution in [0.3, 0.4) is 0 Å². The molecule has 2 heteroatoms. The summed E-state index contributed by atoms with van der Waals surface area (Å²) in [6.45, 7) is 2.60. The molecule has 1 spiro atoms. The summed E-state index contributed by atoms with van der Waals surface area (Å²) in [7, 11) is 0. The SMILES string of the molecule is Ic1ccc(N2CC3(CCCC3)C2)cc1. The maximum absolute atomic E-state index is 2.53. The third kappa shape index (κ3) is 1.77. The van der Waals surface area contributed by atoms with Crippen molar-refractivity contribution >= 4 is 28.3 Å². The Hall–Kier alpha value is -0.250. The molecule has 2 aliphatic rings. The lowest BCUT2D eigenvalue weighted by atomic mass is 9.78. The summed E-state index contributed by atoms with van der Waals surface area (Å²) >= 11 is 2.36. The number of nitrogens with zero attached hydrogens (tertiary/aromatic N) is 1. The lowest BCUT2D eigenvalue weighted by molar-refractivity contribution is 0.222. The first kappa shape index (κ1) is 9.94. The molecule has 1 aromatic carbocycles. The van der Waals surface area contributed by atoms with E-state index >= 15 is 0 Å². The number of hydrogen-bond acceptors (Lipinski definition) is 1. The van der Waals surface area contributed by atoms with Gasteiger partial charge in [0, 0.05) is 27.8 Å². The average molecular weight is 313 g/mol. The van der Waals surface area contributed by atoms with E-state index in [0.717, 1.165) is 0 Å². The molecule has 15 heavy (non-hydrogen) atoms. The summed E-state index contributed by atoms with van der Waals surface area (Å²) in [5.41, 5.74) is 2.12. The Morgan fingerprint density at radius 2 is 1.60 bits per heavy atom. The molecule has 0 bridgehead atoms. The van der Waals surface area contributed by atoms with Crippen LogP contribution in [0.4, 0.5) is 5.69 Å². The lowest BCUT2D eigenvalue weighted by Crippen LogP contribution is -2.55. The smallest absolute Gasteiger partial charge is 0.0367 e. The normalized spacial score (nSPS) is 23.1. The molecule has 1 aliphatic heterocycles. The minimum absolute atomic E-state index is 0.711. The number of benzene rings is 1. The predicted molar refractivity (Wildman–Crippen MR) is 72.3 cm³/mol. The van der Waals surface area contributed by atoms with Gasteiger partial charge in [-0.2, -0.15) is 0 Å². The highest BCUT2D eigenvalue weighted by atomic mass is 127. The Bertz CT molecular complexity index is 343. The van der Waals surface area contributed by atoms with E-state index in [0.29, 0.717) is 5.41 Å². The van der Waals surface area contributed by atoms with E-state index in [1.807, 2.05) is 0 Å². The Labute approximate surface area is 105 Å². The predicted octanol–water partition coefficient (Wildman–Crippen LogP) is 3.67. The summed E-state index contributed by atoms with van der Waals surface area (Å²) in [6, 6.07) is 8.91. The molecule has 0 aromatic heterocycles. The molecule has 0 amide bonds. The van der Waals surface area contributed by atoms with Gasteiger partial charge in [0.1, 0.15) is 0 Å². The Kier molecular flexibility index (Phi) is 2.42. The van der Waals surface area contributed by atoms with Crippen LogP contribution >= 0.6 is 22.6 Å². The van der Waals surface area contributed by atoms with Crippen LogP contribution in [0.15, 0.2) is 24.3 Å². The molecule has 0 radical (unpaired) electrons. The maximum Gasteiger partial charge on any atom is 0.0367 e. The van der Waals surface area contributed by atoms with Crippen LogP contribution in [-0.4, -0.2) is 13.1 Å². The second kappa shape index (κ2) is 3.65. The quantitative estimate of drug-likeness (QED) is 0.715.